The van der Waals surface area contributed by atoms with Crippen molar-refractivity contribution >= 4 is 29.6 Å². The van der Waals surface area contributed by atoms with E-state index in [1.165, 1.54) is 17.3 Å². The van der Waals surface area contributed by atoms with Gasteiger partial charge in [0.25, 0.3) is 0 Å². The Kier molecular flexibility index (Phi) is 6.75. The fourth-order valence-corrected chi connectivity index (χ4v) is 2.99. The molecule has 1 aliphatic rings. The number of piperidine rings is 1. The molecule has 1 saturated heterocycles. The molecule has 1 unspecified atom stereocenters. The zero-order valence-corrected chi connectivity index (χ0v) is 18.1. The molecule has 0 N–H and O–H groups in total. The topological polar surface area (TPSA) is 84.9 Å². The minimum atomic E-state index is -0.680. The number of likely N-dealkylation sites (tertiary alicyclic amines) is 1. The molecule has 1 atom stereocenters. The minimum absolute atomic E-state index is 0.172. The third-order valence-electron chi connectivity index (χ3n) is 3.84. The van der Waals surface area contributed by atoms with Crippen LogP contribution in [0.25, 0.3) is 0 Å². The van der Waals surface area contributed by atoms with Crippen molar-refractivity contribution in [3.63, 3.8) is 0 Å². The average Bonchev–Trinajstić information content (AvgIpc) is 2.52. The van der Waals surface area contributed by atoms with Crippen LogP contribution in [0.15, 0.2) is 12.4 Å². The number of ether oxygens (including phenoxy) is 2. The maximum atomic E-state index is 12.9. The lowest BCUT2D eigenvalue weighted by molar-refractivity contribution is 0.0182. The molecule has 1 fully saturated rings. The Labute approximate surface area is 171 Å². The van der Waals surface area contributed by atoms with Crippen molar-refractivity contribution in [2.45, 2.75) is 71.6 Å². The lowest BCUT2D eigenvalue weighted by atomic mass is 10.0. The maximum Gasteiger partial charge on any atom is 0.416 e. The molecule has 156 valence electrons. The predicted octanol–water partition coefficient (Wildman–Crippen LogP) is 4.27. The minimum Gasteiger partial charge on any atom is -0.444 e. The quantitative estimate of drug-likeness (QED) is 0.721. The number of anilines is 1. The Morgan fingerprint density at radius 3 is 2.36 bits per heavy atom. The van der Waals surface area contributed by atoms with E-state index in [1.54, 1.807) is 25.7 Å². The first kappa shape index (κ1) is 22.2. The first-order chi connectivity index (χ1) is 12.9. The fourth-order valence-electron chi connectivity index (χ4n) is 2.85. The molecule has 0 bridgehead atoms. The third-order valence-corrected chi connectivity index (χ3v) is 4.02. The molecule has 8 nitrogen and oxygen atoms in total. The molecule has 0 radical (unpaired) electrons. The summed E-state index contributed by atoms with van der Waals surface area (Å²) in [7, 11) is 0. The molecule has 2 rings (SSSR count). The largest absolute Gasteiger partial charge is 0.444 e. The van der Waals surface area contributed by atoms with E-state index in [2.05, 4.69) is 9.97 Å². The highest BCUT2D eigenvalue weighted by atomic mass is 35.5. The van der Waals surface area contributed by atoms with E-state index in [-0.39, 0.29) is 17.0 Å². The summed E-state index contributed by atoms with van der Waals surface area (Å²) < 4.78 is 11.0. The maximum absolute atomic E-state index is 12.9. The zero-order chi connectivity index (χ0) is 21.1. The molecule has 28 heavy (non-hydrogen) atoms. The molecular weight excluding hydrogens is 384 g/mol. The number of hydrogen-bond acceptors (Lipinski definition) is 6. The SMILES string of the molecule is CC(C)(C)OC(=O)N1CCCC(N(C(=O)OC(C)(C)C)c2cncc(Cl)n2)C1. The van der Waals surface area contributed by atoms with Gasteiger partial charge in [-0.15, -0.1) is 0 Å². The average molecular weight is 413 g/mol. The van der Waals surface area contributed by atoms with Crippen LogP contribution in [0.1, 0.15) is 54.4 Å². The Hall–Kier alpha value is -2.09. The van der Waals surface area contributed by atoms with Gasteiger partial charge >= 0.3 is 12.2 Å². The number of hydrogen-bond donors (Lipinski definition) is 0. The first-order valence-corrected chi connectivity index (χ1v) is 9.71. The van der Waals surface area contributed by atoms with Crippen molar-refractivity contribution in [3.05, 3.63) is 17.5 Å². The van der Waals surface area contributed by atoms with Gasteiger partial charge in [-0.1, -0.05) is 11.6 Å². The second-order valence-corrected chi connectivity index (χ2v) is 9.16. The molecular formula is C19H29ClN4O4. The lowest BCUT2D eigenvalue weighted by Crippen LogP contribution is -2.54. The molecule has 1 aromatic rings. The molecule has 1 aliphatic heterocycles. The number of halogens is 1. The van der Waals surface area contributed by atoms with E-state index in [4.69, 9.17) is 21.1 Å². The van der Waals surface area contributed by atoms with Crippen molar-refractivity contribution in [1.29, 1.82) is 0 Å². The standard InChI is InChI=1S/C19H29ClN4O4/c1-18(2,3)27-16(25)23-9-7-8-13(12-23)24(17(26)28-19(4,5)6)15-11-21-10-14(20)22-15/h10-11,13H,7-9,12H2,1-6H3. The number of nitrogens with zero attached hydrogens (tertiary/aromatic N) is 4. The van der Waals surface area contributed by atoms with Gasteiger partial charge in [-0.3, -0.25) is 9.88 Å². The van der Waals surface area contributed by atoms with Crippen molar-refractivity contribution in [2.75, 3.05) is 18.0 Å². The van der Waals surface area contributed by atoms with Crippen LogP contribution >= 0.6 is 11.6 Å². The smallest absolute Gasteiger partial charge is 0.416 e. The number of rotatable bonds is 2. The molecule has 0 spiro atoms. The highest BCUT2D eigenvalue weighted by Crippen LogP contribution is 2.25. The number of carbonyl (C=O) groups excluding carboxylic acids is 2. The lowest BCUT2D eigenvalue weighted by Gasteiger charge is -2.39. The van der Waals surface area contributed by atoms with Crippen LogP contribution in [-0.2, 0) is 9.47 Å². The molecule has 0 aliphatic carbocycles. The summed E-state index contributed by atoms with van der Waals surface area (Å²) in [5.74, 6) is 0.290. The zero-order valence-electron chi connectivity index (χ0n) is 17.4. The molecule has 2 heterocycles. The van der Waals surface area contributed by atoms with Crippen molar-refractivity contribution in [3.8, 4) is 0 Å². The van der Waals surface area contributed by atoms with Crippen LogP contribution < -0.4 is 4.90 Å². The van der Waals surface area contributed by atoms with E-state index in [0.29, 0.717) is 19.5 Å². The first-order valence-electron chi connectivity index (χ1n) is 9.33. The van der Waals surface area contributed by atoms with Crippen LogP contribution in [0.3, 0.4) is 0 Å². The van der Waals surface area contributed by atoms with Gasteiger partial charge in [-0.05, 0) is 54.4 Å². The van der Waals surface area contributed by atoms with E-state index in [9.17, 15) is 9.59 Å². The highest BCUT2D eigenvalue weighted by Gasteiger charge is 2.36. The summed E-state index contributed by atoms with van der Waals surface area (Å²) in [4.78, 5) is 36.7. The van der Waals surface area contributed by atoms with Crippen LogP contribution in [-0.4, -0.2) is 57.4 Å². The van der Waals surface area contributed by atoms with Gasteiger partial charge in [0.05, 0.1) is 18.4 Å². The summed E-state index contributed by atoms with van der Waals surface area (Å²) in [6.45, 7) is 11.7. The molecule has 2 amide bonds. The molecule has 9 heteroatoms. The normalized spacial score (nSPS) is 17.8. The van der Waals surface area contributed by atoms with Crippen LogP contribution in [0.4, 0.5) is 15.4 Å². The van der Waals surface area contributed by atoms with Gasteiger partial charge in [0, 0.05) is 13.1 Å². The van der Waals surface area contributed by atoms with Crippen molar-refractivity contribution in [2.24, 2.45) is 0 Å². The monoisotopic (exact) mass is 412 g/mol. The Bertz CT molecular complexity index is 715. The molecule has 0 saturated carbocycles. The second kappa shape index (κ2) is 8.51. The Morgan fingerprint density at radius 1 is 1.14 bits per heavy atom. The number of aromatic nitrogens is 2. The van der Waals surface area contributed by atoms with E-state index < -0.39 is 23.4 Å². The van der Waals surface area contributed by atoms with E-state index in [1.807, 2.05) is 20.8 Å². The summed E-state index contributed by atoms with van der Waals surface area (Å²) in [5, 5.41) is 0.172. The van der Waals surface area contributed by atoms with Crippen LogP contribution in [0.2, 0.25) is 5.15 Å². The van der Waals surface area contributed by atoms with Gasteiger partial charge in [0.1, 0.15) is 16.4 Å². The Morgan fingerprint density at radius 2 is 1.79 bits per heavy atom. The van der Waals surface area contributed by atoms with Gasteiger partial charge in [0.2, 0.25) is 0 Å². The van der Waals surface area contributed by atoms with Gasteiger partial charge in [-0.25, -0.2) is 14.6 Å². The summed E-state index contributed by atoms with van der Waals surface area (Å²) in [6, 6.07) is -0.330. The highest BCUT2D eigenvalue weighted by molar-refractivity contribution is 6.29. The Balaban J connectivity index is 2.27. The van der Waals surface area contributed by atoms with E-state index in [0.717, 1.165) is 6.42 Å². The van der Waals surface area contributed by atoms with Gasteiger partial charge in [0.15, 0.2) is 5.82 Å². The van der Waals surface area contributed by atoms with Crippen LogP contribution in [0.5, 0.6) is 0 Å². The molecule has 1 aromatic heterocycles. The van der Waals surface area contributed by atoms with Gasteiger partial charge in [-0.2, -0.15) is 0 Å². The molecule has 0 aromatic carbocycles. The second-order valence-electron chi connectivity index (χ2n) is 8.77. The fraction of sp³-hybridized carbons (Fsp3) is 0.684. The predicted molar refractivity (Wildman–Crippen MR) is 107 cm³/mol. The third kappa shape index (κ3) is 6.51. The van der Waals surface area contributed by atoms with Crippen molar-refractivity contribution < 1.29 is 19.1 Å². The van der Waals surface area contributed by atoms with Crippen LogP contribution in [0, 0.1) is 0 Å². The van der Waals surface area contributed by atoms with Crippen molar-refractivity contribution in [1.82, 2.24) is 14.9 Å². The van der Waals surface area contributed by atoms with E-state index >= 15 is 0 Å². The number of amides is 2. The summed E-state index contributed by atoms with van der Waals surface area (Å²) in [5.41, 5.74) is -1.27. The summed E-state index contributed by atoms with van der Waals surface area (Å²) >= 11 is 5.98. The number of carbonyl (C=O) groups is 2. The summed E-state index contributed by atoms with van der Waals surface area (Å²) in [6.07, 6.45) is 3.30. The van der Waals surface area contributed by atoms with Gasteiger partial charge < -0.3 is 14.4 Å².